The molecule has 1 aromatic rings. The van der Waals surface area contributed by atoms with E-state index in [1.165, 1.54) is 6.07 Å². The summed E-state index contributed by atoms with van der Waals surface area (Å²) < 4.78 is 14.3. The molecule has 1 unspecified atom stereocenters. The largest absolute Gasteiger partial charge is 0.350 e. The lowest BCUT2D eigenvalue weighted by Crippen LogP contribution is -2.31. The molecule has 0 spiro atoms. The number of hydrogen-bond acceptors (Lipinski definition) is 2. The zero-order valence-corrected chi connectivity index (χ0v) is 10.4. The number of anilines is 1. The van der Waals surface area contributed by atoms with Gasteiger partial charge in [-0.25, -0.2) is 9.37 Å². The first kappa shape index (κ1) is 11.1. The average Bonchev–Trinajstić information content (AvgIpc) is 2.65. The third-order valence-corrected chi connectivity index (χ3v) is 3.41. The highest BCUT2D eigenvalue weighted by Crippen LogP contribution is 2.27. The molecular formula is C10H11BrClFN2. The second-order valence-corrected chi connectivity index (χ2v) is 4.83. The Kier molecular flexibility index (Phi) is 3.46. The molecular weight excluding hydrogens is 282 g/mol. The van der Waals surface area contributed by atoms with Crippen LogP contribution in [0.3, 0.4) is 0 Å². The molecule has 1 atom stereocenters. The topological polar surface area (TPSA) is 16.1 Å². The van der Waals surface area contributed by atoms with Crippen LogP contribution in [0, 0.1) is 5.82 Å². The Bertz CT molecular complexity index is 361. The van der Waals surface area contributed by atoms with E-state index >= 15 is 0 Å². The molecule has 0 bridgehead atoms. The van der Waals surface area contributed by atoms with Crippen molar-refractivity contribution in [2.75, 3.05) is 17.3 Å². The first-order chi connectivity index (χ1) is 7.22. The Morgan fingerprint density at radius 2 is 2.47 bits per heavy atom. The Morgan fingerprint density at radius 1 is 1.67 bits per heavy atom. The maximum atomic E-state index is 13.6. The van der Waals surface area contributed by atoms with Crippen LogP contribution in [0.1, 0.15) is 12.8 Å². The number of rotatable bonds is 2. The van der Waals surface area contributed by atoms with Crippen LogP contribution >= 0.6 is 27.5 Å². The zero-order chi connectivity index (χ0) is 10.8. The van der Waals surface area contributed by atoms with Gasteiger partial charge in [0.1, 0.15) is 0 Å². The fourth-order valence-corrected chi connectivity index (χ4v) is 2.52. The Labute approximate surface area is 102 Å². The standard InChI is InChI=1S/C10H11BrClFN2/c11-7-4-9(13)10(14-6-7)15-3-1-2-8(15)5-12/h4,6,8H,1-3,5H2. The average molecular weight is 294 g/mol. The predicted octanol–water partition coefficient (Wildman–Crippen LogP) is 3.19. The van der Waals surface area contributed by atoms with Crippen molar-refractivity contribution in [1.29, 1.82) is 0 Å². The van der Waals surface area contributed by atoms with Crippen LogP contribution in [0.15, 0.2) is 16.7 Å². The zero-order valence-electron chi connectivity index (χ0n) is 8.09. The maximum absolute atomic E-state index is 13.6. The summed E-state index contributed by atoms with van der Waals surface area (Å²) in [7, 11) is 0. The van der Waals surface area contributed by atoms with Crippen LogP contribution < -0.4 is 4.90 Å². The molecule has 0 aromatic carbocycles. The van der Waals surface area contributed by atoms with Crippen molar-refractivity contribution in [2.45, 2.75) is 18.9 Å². The Morgan fingerprint density at radius 3 is 3.13 bits per heavy atom. The van der Waals surface area contributed by atoms with Gasteiger partial charge in [0.15, 0.2) is 11.6 Å². The summed E-state index contributed by atoms with van der Waals surface area (Å²) in [6.07, 6.45) is 3.68. The lowest BCUT2D eigenvalue weighted by Gasteiger charge is -2.24. The molecule has 1 aliphatic heterocycles. The minimum Gasteiger partial charge on any atom is -0.350 e. The van der Waals surface area contributed by atoms with Gasteiger partial charge in [0.25, 0.3) is 0 Å². The normalized spacial score (nSPS) is 21.0. The molecule has 5 heteroatoms. The van der Waals surface area contributed by atoms with Crippen molar-refractivity contribution in [3.63, 3.8) is 0 Å². The second kappa shape index (κ2) is 4.66. The van der Waals surface area contributed by atoms with Crippen LogP contribution in [0.25, 0.3) is 0 Å². The summed E-state index contributed by atoms with van der Waals surface area (Å²) >= 11 is 9.02. The van der Waals surface area contributed by atoms with Crippen molar-refractivity contribution >= 4 is 33.3 Å². The summed E-state index contributed by atoms with van der Waals surface area (Å²) in [5.74, 6) is 0.653. The molecule has 82 valence electrons. The van der Waals surface area contributed by atoms with E-state index in [-0.39, 0.29) is 11.9 Å². The van der Waals surface area contributed by atoms with E-state index in [4.69, 9.17) is 11.6 Å². The minimum atomic E-state index is -0.290. The van der Waals surface area contributed by atoms with Crippen molar-refractivity contribution in [3.8, 4) is 0 Å². The van der Waals surface area contributed by atoms with Crippen LogP contribution in [0.2, 0.25) is 0 Å². The smallest absolute Gasteiger partial charge is 0.166 e. The van der Waals surface area contributed by atoms with Crippen molar-refractivity contribution in [2.24, 2.45) is 0 Å². The molecule has 0 amide bonds. The Hall–Kier alpha value is -0.350. The molecule has 15 heavy (non-hydrogen) atoms. The molecule has 2 heterocycles. The van der Waals surface area contributed by atoms with Crippen LogP contribution in [-0.4, -0.2) is 23.5 Å². The molecule has 1 saturated heterocycles. The van der Waals surface area contributed by atoms with Crippen LogP contribution in [-0.2, 0) is 0 Å². The van der Waals surface area contributed by atoms with E-state index in [0.717, 1.165) is 19.4 Å². The number of nitrogens with zero attached hydrogens (tertiary/aromatic N) is 2. The number of aromatic nitrogens is 1. The van der Waals surface area contributed by atoms with Gasteiger partial charge in [-0.05, 0) is 34.8 Å². The molecule has 0 radical (unpaired) electrons. The van der Waals surface area contributed by atoms with Crippen LogP contribution in [0.4, 0.5) is 10.2 Å². The summed E-state index contributed by atoms with van der Waals surface area (Å²) in [6, 6.07) is 1.65. The molecule has 0 saturated carbocycles. The third kappa shape index (κ3) is 2.26. The highest BCUT2D eigenvalue weighted by Gasteiger charge is 2.26. The fourth-order valence-electron chi connectivity index (χ4n) is 1.89. The quantitative estimate of drug-likeness (QED) is 0.779. The summed E-state index contributed by atoms with van der Waals surface area (Å²) in [6.45, 7) is 0.836. The van der Waals surface area contributed by atoms with E-state index in [1.54, 1.807) is 6.20 Å². The molecule has 0 aliphatic carbocycles. The van der Waals surface area contributed by atoms with E-state index in [2.05, 4.69) is 20.9 Å². The summed E-state index contributed by atoms with van der Waals surface area (Å²) in [4.78, 5) is 6.06. The van der Waals surface area contributed by atoms with Gasteiger partial charge in [0, 0.05) is 29.1 Å². The SMILES string of the molecule is Fc1cc(Br)cnc1N1CCCC1CCl. The number of pyridine rings is 1. The lowest BCUT2D eigenvalue weighted by atomic mass is 10.2. The van der Waals surface area contributed by atoms with Gasteiger partial charge in [-0.15, -0.1) is 11.6 Å². The Balaban J connectivity index is 2.28. The highest BCUT2D eigenvalue weighted by molar-refractivity contribution is 9.10. The second-order valence-electron chi connectivity index (χ2n) is 3.60. The predicted molar refractivity (Wildman–Crippen MR) is 63.0 cm³/mol. The van der Waals surface area contributed by atoms with E-state index in [9.17, 15) is 4.39 Å². The maximum Gasteiger partial charge on any atom is 0.166 e. The number of halogens is 3. The van der Waals surface area contributed by atoms with Crippen molar-refractivity contribution in [1.82, 2.24) is 4.98 Å². The molecule has 0 N–H and O–H groups in total. The minimum absolute atomic E-state index is 0.217. The van der Waals surface area contributed by atoms with E-state index in [1.807, 2.05) is 4.90 Å². The molecule has 1 aliphatic rings. The first-order valence-electron chi connectivity index (χ1n) is 4.86. The molecule has 2 rings (SSSR count). The van der Waals surface area contributed by atoms with Gasteiger partial charge >= 0.3 is 0 Å². The van der Waals surface area contributed by atoms with Crippen LogP contribution in [0.5, 0.6) is 0 Å². The summed E-state index contributed by atoms with van der Waals surface area (Å²) in [5.41, 5.74) is 0. The van der Waals surface area contributed by atoms with Crippen molar-refractivity contribution in [3.05, 3.63) is 22.6 Å². The van der Waals surface area contributed by atoms with Gasteiger partial charge in [-0.1, -0.05) is 0 Å². The summed E-state index contributed by atoms with van der Waals surface area (Å²) in [5, 5.41) is 0. The molecule has 1 fully saturated rings. The van der Waals surface area contributed by atoms with Gasteiger partial charge in [0.05, 0.1) is 0 Å². The number of hydrogen-bond donors (Lipinski definition) is 0. The monoisotopic (exact) mass is 292 g/mol. The van der Waals surface area contributed by atoms with Gasteiger partial charge in [-0.2, -0.15) is 0 Å². The fraction of sp³-hybridized carbons (Fsp3) is 0.500. The van der Waals surface area contributed by atoms with Gasteiger partial charge in [0.2, 0.25) is 0 Å². The van der Waals surface area contributed by atoms with E-state index in [0.29, 0.717) is 16.2 Å². The van der Waals surface area contributed by atoms with Crippen molar-refractivity contribution < 1.29 is 4.39 Å². The first-order valence-corrected chi connectivity index (χ1v) is 6.19. The lowest BCUT2D eigenvalue weighted by molar-refractivity contribution is 0.604. The van der Waals surface area contributed by atoms with Gasteiger partial charge < -0.3 is 4.90 Å². The van der Waals surface area contributed by atoms with E-state index < -0.39 is 0 Å². The molecule has 2 nitrogen and oxygen atoms in total. The van der Waals surface area contributed by atoms with Gasteiger partial charge in [-0.3, -0.25) is 0 Å². The highest BCUT2D eigenvalue weighted by atomic mass is 79.9. The third-order valence-electron chi connectivity index (χ3n) is 2.62. The molecule has 1 aromatic heterocycles. The number of alkyl halides is 1.